The lowest BCUT2D eigenvalue weighted by atomic mass is 10.1. The molecule has 0 aliphatic rings. The normalized spacial score (nSPS) is 12.0. The summed E-state index contributed by atoms with van der Waals surface area (Å²) in [5.74, 6) is -1.69. The van der Waals surface area contributed by atoms with Crippen LogP contribution in [0.3, 0.4) is 0 Å². The highest BCUT2D eigenvalue weighted by Crippen LogP contribution is 2.29. The Kier molecular flexibility index (Phi) is 8.24. The van der Waals surface area contributed by atoms with Gasteiger partial charge in [-0.05, 0) is 25.0 Å². The number of rotatable bonds is 9. The van der Waals surface area contributed by atoms with Crippen molar-refractivity contribution in [1.29, 1.82) is 0 Å². The van der Waals surface area contributed by atoms with E-state index in [0.29, 0.717) is 17.3 Å². The van der Waals surface area contributed by atoms with Crippen molar-refractivity contribution in [3.8, 4) is 0 Å². The molecule has 1 atom stereocenters. The van der Waals surface area contributed by atoms with Gasteiger partial charge in [0.05, 0.1) is 34.7 Å². The number of halogens is 2. The number of carboxylic acids is 1. The molecular formula is C15H20Cl2N2O3. The molecule has 0 unspecified atom stereocenters. The first-order chi connectivity index (χ1) is 10.5. The number of carboxylic acid groups (broad SMARTS) is 1. The van der Waals surface area contributed by atoms with E-state index in [0.717, 1.165) is 19.3 Å². The summed E-state index contributed by atoms with van der Waals surface area (Å²) >= 11 is 11.8. The van der Waals surface area contributed by atoms with E-state index in [1.54, 1.807) is 23.5 Å². The molecule has 0 aromatic heterocycles. The second-order valence-corrected chi connectivity index (χ2v) is 5.80. The van der Waals surface area contributed by atoms with Crippen LogP contribution in [-0.4, -0.2) is 24.5 Å². The van der Waals surface area contributed by atoms with Crippen molar-refractivity contribution in [3.63, 3.8) is 0 Å². The predicted octanol–water partition coefficient (Wildman–Crippen LogP) is 1.19. The first-order valence-electron chi connectivity index (χ1n) is 7.23. The second-order valence-electron chi connectivity index (χ2n) is 5.01. The third-order valence-corrected chi connectivity index (χ3v) is 4.01. The first-order valence-corrected chi connectivity index (χ1v) is 7.99. The summed E-state index contributed by atoms with van der Waals surface area (Å²) in [7, 11) is 0. The monoisotopic (exact) mass is 346 g/mol. The maximum absolute atomic E-state index is 12.0. The van der Waals surface area contributed by atoms with E-state index in [-0.39, 0.29) is 11.4 Å². The topological polar surface area (TPSA) is 85.8 Å². The van der Waals surface area contributed by atoms with Crippen LogP contribution in [0, 0.1) is 0 Å². The number of carbonyl (C=O) groups is 2. The Bertz CT molecular complexity index is 524. The number of nitrogens with two attached hydrogens (primary N) is 1. The van der Waals surface area contributed by atoms with Gasteiger partial charge >= 0.3 is 0 Å². The fraction of sp³-hybridized carbons (Fsp3) is 0.467. The molecule has 0 saturated carbocycles. The van der Waals surface area contributed by atoms with Gasteiger partial charge in [-0.15, -0.1) is 0 Å². The van der Waals surface area contributed by atoms with Crippen LogP contribution in [0.1, 0.15) is 32.6 Å². The van der Waals surface area contributed by atoms with Crippen LogP contribution in [0.25, 0.3) is 0 Å². The van der Waals surface area contributed by atoms with Gasteiger partial charge in [0.2, 0.25) is 5.91 Å². The number of benzene rings is 1. The number of carbonyl (C=O) groups excluding carboxylic acids is 2. The molecule has 0 radical (unpaired) electrons. The van der Waals surface area contributed by atoms with Crippen molar-refractivity contribution in [2.45, 2.75) is 38.6 Å². The summed E-state index contributed by atoms with van der Waals surface area (Å²) in [6.07, 6.45) is 2.80. The Labute approximate surface area is 140 Å². The highest BCUT2D eigenvalue weighted by Gasteiger charge is 2.19. The van der Waals surface area contributed by atoms with Crippen molar-refractivity contribution >= 4 is 40.8 Å². The van der Waals surface area contributed by atoms with Gasteiger partial charge in [-0.25, -0.2) is 0 Å². The molecule has 0 aliphatic heterocycles. The largest absolute Gasteiger partial charge is 0.544 e. The van der Waals surface area contributed by atoms with Crippen LogP contribution in [0.4, 0.5) is 5.69 Å². The van der Waals surface area contributed by atoms with Crippen molar-refractivity contribution in [3.05, 3.63) is 28.2 Å². The number of hydrogen-bond donors (Lipinski definition) is 2. The van der Waals surface area contributed by atoms with E-state index in [2.05, 4.69) is 12.2 Å². The summed E-state index contributed by atoms with van der Waals surface area (Å²) in [6, 6.07) is 3.95. The third kappa shape index (κ3) is 6.22. The van der Waals surface area contributed by atoms with Gasteiger partial charge in [0, 0.05) is 0 Å². The molecule has 3 N–H and O–H groups in total. The molecular weight excluding hydrogens is 327 g/mol. The Morgan fingerprint density at radius 1 is 1.32 bits per heavy atom. The summed E-state index contributed by atoms with van der Waals surface area (Å²) in [5.41, 5.74) is 0.363. The van der Waals surface area contributed by atoms with Gasteiger partial charge in [0.1, 0.15) is 6.04 Å². The Morgan fingerprint density at radius 2 is 2.05 bits per heavy atom. The zero-order valence-corrected chi connectivity index (χ0v) is 13.9. The highest BCUT2D eigenvalue weighted by atomic mass is 35.5. The Morgan fingerprint density at radius 3 is 2.68 bits per heavy atom. The molecule has 0 bridgehead atoms. The number of quaternary nitrogens is 1. The Balaban J connectivity index is 2.56. The minimum atomic E-state index is -1.25. The second kappa shape index (κ2) is 9.66. The minimum absolute atomic E-state index is 0.183. The average Bonchev–Trinajstić information content (AvgIpc) is 2.47. The summed E-state index contributed by atoms with van der Waals surface area (Å²) in [5, 5.41) is 15.9. The van der Waals surface area contributed by atoms with Gasteiger partial charge < -0.3 is 20.5 Å². The average molecular weight is 347 g/mol. The van der Waals surface area contributed by atoms with E-state index < -0.39 is 17.9 Å². The molecule has 122 valence electrons. The van der Waals surface area contributed by atoms with E-state index in [1.807, 2.05) is 0 Å². The van der Waals surface area contributed by atoms with Crippen molar-refractivity contribution in [1.82, 2.24) is 0 Å². The van der Waals surface area contributed by atoms with Crippen LogP contribution < -0.4 is 15.7 Å². The summed E-state index contributed by atoms with van der Waals surface area (Å²) in [6.45, 7) is 2.72. The van der Waals surface area contributed by atoms with Crippen molar-refractivity contribution in [2.75, 3.05) is 11.9 Å². The first kappa shape index (κ1) is 18.7. The minimum Gasteiger partial charge on any atom is -0.544 e. The number of anilines is 1. The number of unbranched alkanes of at least 4 members (excludes halogenated alkanes) is 2. The number of hydrogen-bond acceptors (Lipinski definition) is 3. The highest BCUT2D eigenvalue weighted by molar-refractivity contribution is 6.43. The molecule has 22 heavy (non-hydrogen) atoms. The molecule has 0 spiro atoms. The van der Waals surface area contributed by atoms with Gasteiger partial charge in [0.25, 0.3) is 0 Å². The predicted molar refractivity (Wildman–Crippen MR) is 84.8 cm³/mol. The van der Waals surface area contributed by atoms with Crippen LogP contribution in [-0.2, 0) is 9.59 Å². The molecule has 7 heteroatoms. The maximum atomic E-state index is 12.0. The molecule has 0 heterocycles. The molecule has 0 fully saturated rings. The van der Waals surface area contributed by atoms with E-state index in [9.17, 15) is 14.7 Å². The lowest BCUT2D eigenvalue weighted by Crippen LogP contribution is -2.93. The number of nitrogens with one attached hydrogen (secondary N) is 1. The zero-order chi connectivity index (χ0) is 16.5. The van der Waals surface area contributed by atoms with Crippen molar-refractivity contribution in [2.24, 2.45) is 0 Å². The molecule has 1 rings (SSSR count). The quantitative estimate of drug-likeness (QED) is 0.658. The lowest BCUT2D eigenvalue weighted by Gasteiger charge is -2.16. The molecule has 1 amide bonds. The maximum Gasteiger partial charge on any atom is 0.230 e. The standard InChI is InChI=1S/C15H20Cl2N2O3/c1-2-3-4-8-18-12(15(21)22)9-13(20)19-11-7-5-6-10(16)14(11)17/h5-7,12,18H,2-4,8-9H2,1H3,(H,19,20)(H,21,22)/t12-/m0/s1. The fourth-order valence-corrected chi connectivity index (χ4v) is 2.33. The SMILES string of the molecule is CCCCC[NH2+][C@@H](CC(=O)Nc1cccc(Cl)c1Cl)C(=O)[O-]. The van der Waals surface area contributed by atoms with Crippen LogP contribution >= 0.6 is 23.2 Å². The molecule has 1 aromatic carbocycles. The molecule has 0 saturated heterocycles. The molecule has 0 aliphatic carbocycles. The smallest absolute Gasteiger partial charge is 0.230 e. The Hall–Kier alpha value is -1.30. The molecule has 5 nitrogen and oxygen atoms in total. The zero-order valence-electron chi connectivity index (χ0n) is 12.4. The third-order valence-electron chi connectivity index (χ3n) is 3.19. The van der Waals surface area contributed by atoms with Crippen LogP contribution in [0.15, 0.2) is 18.2 Å². The van der Waals surface area contributed by atoms with Crippen LogP contribution in [0.5, 0.6) is 0 Å². The van der Waals surface area contributed by atoms with E-state index in [4.69, 9.17) is 23.2 Å². The number of aliphatic carboxylic acids is 1. The van der Waals surface area contributed by atoms with E-state index in [1.165, 1.54) is 0 Å². The van der Waals surface area contributed by atoms with Crippen LogP contribution in [0.2, 0.25) is 10.0 Å². The van der Waals surface area contributed by atoms with Gasteiger partial charge in [-0.2, -0.15) is 0 Å². The molecule has 1 aromatic rings. The summed E-state index contributed by atoms with van der Waals surface area (Å²) < 4.78 is 0. The van der Waals surface area contributed by atoms with Crippen molar-refractivity contribution < 1.29 is 20.0 Å². The summed E-state index contributed by atoms with van der Waals surface area (Å²) in [4.78, 5) is 23.1. The fourth-order valence-electron chi connectivity index (χ4n) is 1.98. The lowest BCUT2D eigenvalue weighted by molar-refractivity contribution is -0.682. The van der Waals surface area contributed by atoms with Gasteiger partial charge in [-0.3, -0.25) is 4.79 Å². The van der Waals surface area contributed by atoms with Gasteiger partial charge in [0.15, 0.2) is 0 Å². The number of amides is 1. The van der Waals surface area contributed by atoms with Gasteiger partial charge in [-0.1, -0.05) is 42.6 Å². The van der Waals surface area contributed by atoms with E-state index >= 15 is 0 Å².